The van der Waals surface area contributed by atoms with Gasteiger partial charge in [-0.2, -0.15) is 0 Å². The number of unbranched alkanes of at least 4 members (excludes halogenated alkanes) is 2. The Labute approximate surface area is 227 Å². The van der Waals surface area contributed by atoms with Gasteiger partial charge in [0.15, 0.2) is 0 Å². The second-order valence-electron chi connectivity index (χ2n) is 10.4. The van der Waals surface area contributed by atoms with Crippen molar-refractivity contribution in [2.24, 2.45) is 5.92 Å². The molecule has 0 bridgehead atoms. The van der Waals surface area contributed by atoms with Crippen LogP contribution < -0.4 is 0 Å². The molecule has 2 aromatic rings. The van der Waals surface area contributed by atoms with Crippen LogP contribution in [0.15, 0.2) is 54.6 Å². The number of hydrogen-bond donors (Lipinski definition) is 2. The van der Waals surface area contributed by atoms with Crippen LogP contribution in [-0.2, 0) is 30.9 Å². The summed E-state index contributed by atoms with van der Waals surface area (Å²) in [4.78, 5) is 24.5. The van der Waals surface area contributed by atoms with Crippen molar-refractivity contribution in [3.8, 4) is 11.1 Å². The lowest BCUT2D eigenvalue weighted by Crippen LogP contribution is -2.36. The van der Waals surface area contributed by atoms with E-state index in [1.165, 1.54) is 30.4 Å². The topological polar surface area (TPSA) is 93.1 Å². The van der Waals surface area contributed by atoms with E-state index in [1.807, 2.05) is 31.2 Å². The van der Waals surface area contributed by atoms with Crippen LogP contribution in [-0.4, -0.2) is 48.6 Å². The molecule has 6 nitrogen and oxygen atoms in total. The van der Waals surface area contributed by atoms with E-state index in [9.17, 15) is 19.8 Å². The van der Waals surface area contributed by atoms with Gasteiger partial charge in [-0.05, 0) is 60.9 Å². The number of aryl methyl sites for hydroxylation is 2. The van der Waals surface area contributed by atoms with E-state index in [2.05, 4.69) is 38.6 Å². The Balaban J connectivity index is 2.19. The molecule has 2 aromatic carbocycles. The number of rotatable bonds is 16. The van der Waals surface area contributed by atoms with Gasteiger partial charge in [-0.1, -0.05) is 75.7 Å². The molecule has 0 aromatic heterocycles. The van der Waals surface area contributed by atoms with Gasteiger partial charge in [0.2, 0.25) is 0 Å². The lowest BCUT2D eigenvalue weighted by Gasteiger charge is -2.29. The quantitative estimate of drug-likeness (QED) is 0.166. The highest BCUT2D eigenvalue weighted by atomic mass is 16.5. The molecule has 2 N–H and O–H groups in total. The first kappa shape index (κ1) is 31.3. The monoisotopic (exact) mass is 524 g/mol. The van der Waals surface area contributed by atoms with E-state index in [4.69, 9.17) is 9.47 Å². The van der Waals surface area contributed by atoms with Gasteiger partial charge in [0.1, 0.15) is 13.2 Å². The second kappa shape index (κ2) is 15.5. The molecule has 0 spiro atoms. The average Bonchev–Trinajstić information content (AvgIpc) is 2.94. The zero-order valence-corrected chi connectivity index (χ0v) is 23.4. The molecule has 0 saturated heterocycles. The summed E-state index contributed by atoms with van der Waals surface area (Å²) in [6.07, 6.45) is 5.14. The molecule has 2 rings (SSSR count). The first-order valence-electron chi connectivity index (χ1n) is 13.6. The average molecular weight is 525 g/mol. The molecule has 0 aliphatic heterocycles. The van der Waals surface area contributed by atoms with Crippen LogP contribution in [0.4, 0.5) is 0 Å². The molecule has 0 heterocycles. The molecular formula is C32H44O6. The molecule has 0 fully saturated rings. The Morgan fingerprint density at radius 1 is 0.947 bits per heavy atom. The Bertz CT molecular complexity index is 1050. The van der Waals surface area contributed by atoms with Crippen LogP contribution in [0, 0.1) is 12.8 Å². The summed E-state index contributed by atoms with van der Waals surface area (Å²) in [5.74, 6) is -1.39. The molecule has 0 aliphatic rings. The summed E-state index contributed by atoms with van der Waals surface area (Å²) < 4.78 is 11.0. The normalized spacial score (nSPS) is 12.7. The first-order valence-corrected chi connectivity index (χ1v) is 13.6. The van der Waals surface area contributed by atoms with Gasteiger partial charge in [0.25, 0.3) is 0 Å². The van der Waals surface area contributed by atoms with Gasteiger partial charge in [0.05, 0.1) is 5.41 Å². The number of ether oxygens (including phenoxy) is 2. The molecule has 0 amide bonds. The van der Waals surface area contributed by atoms with E-state index in [0.29, 0.717) is 0 Å². The summed E-state index contributed by atoms with van der Waals surface area (Å²) in [7, 11) is 0. The van der Waals surface area contributed by atoms with Gasteiger partial charge < -0.3 is 19.7 Å². The van der Waals surface area contributed by atoms with Crippen molar-refractivity contribution in [1.82, 2.24) is 0 Å². The van der Waals surface area contributed by atoms with Crippen molar-refractivity contribution < 1.29 is 29.3 Å². The molecular weight excluding hydrogens is 480 g/mol. The predicted octanol–water partition coefficient (Wildman–Crippen LogP) is 5.70. The van der Waals surface area contributed by atoms with Gasteiger partial charge in [-0.15, -0.1) is 0 Å². The van der Waals surface area contributed by atoms with Crippen LogP contribution in [0.1, 0.15) is 69.6 Å². The van der Waals surface area contributed by atoms with E-state index >= 15 is 0 Å². The summed E-state index contributed by atoms with van der Waals surface area (Å²) in [6.45, 7) is 11.3. The predicted molar refractivity (Wildman–Crippen MR) is 151 cm³/mol. The summed E-state index contributed by atoms with van der Waals surface area (Å²) in [5, 5.41) is 18.6. The Kier molecular flexibility index (Phi) is 12.7. The minimum absolute atomic E-state index is 0.0182. The van der Waals surface area contributed by atoms with Crippen molar-refractivity contribution in [3.63, 3.8) is 0 Å². The SMILES string of the molecule is C=C(CC(CO)CO)C(=O)OCC(C)(COC(=O)CC)c1ccc(-c2ccc(CCCCC)c(C)c2)cc1. The standard InChI is InChI=1S/C32H44O6/c1-6-8-9-10-26-11-12-28(18-23(26)3)27-13-15-29(16-14-27)32(5,21-37-30(35)7-2)22-38-31(36)24(4)17-25(19-33)20-34/h11-16,18,25,33-34H,4,6-10,17,19-22H2,1-3,5H3. The van der Waals surface area contributed by atoms with Crippen LogP contribution in [0.25, 0.3) is 11.1 Å². The smallest absolute Gasteiger partial charge is 0.333 e. The van der Waals surface area contributed by atoms with Gasteiger partial charge >= 0.3 is 11.9 Å². The molecule has 1 unspecified atom stereocenters. The number of benzene rings is 2. The molecule has 0 saturated carbocycles. The Hall–Kier alpha value is -2.96. The van der Waals surface area contributed by atoms with Gasteiger partial charge in [-0.25, -0.2) is 4.79 Å². The second-order valence-corrected chi connectivity index (χ2v) is 10.4. The number of aliphatic hydroxyl groups is 2. The molecule has 208 valence electrons. The number of carbonyl (C=O) groups is 2. The highest BCUT2D eigenvalue weighted by Crippen LogP contribution is 2.30. The maximum atomic E-state index is 12.6. The fourth-order valence-electron chi connectivity index (χ4n) is 4.28. The highest BCUT2D eigenvalue weighted by molar-refractivity contribution is 5.87. The largest absolute Gasteiger partial charge is 0.465 e. The Morgan fingerprint density at radius 2 is 1.58 bits per heavy atom. The minimum atomic E-state index is -0.772. The van der Waals surface area contributed by atoms with Crippen molar-refractivity contribution in [2.45, 2.75) is 71.6 Å². The third kappa shape index (κ3) is 9.10. The van der Waals surface area contributed by atoms with Crippen LogP contribution in [0.5, 0.6) is 0 Å². The summed E-state index contributed by atoms with van der Waals surface area (Å²) in [6, 6.07) is 14.6. The number of hydrogen-bond acceptors (Lipinski definition) is 6. The van der Waals surface area contributed by atoms with Gasteiger partial charge in [-0.3, -0.25) is 4.79 Å². The van der Waals surface area contributed by atoms with Crippen molar-refractivity contribution >= 4 is 11.9 Å². The lowest BCUT2D eigenvalue weighted by atomic mass is 9.83. The van der Waals surface area contributed by atoms with Crippen molar-refractivity contribution in [1.29, 1.82) is 0 Å². The number of esters is 2. The summed E-state index contributed by atoms with van der Waals surface area (Å²) in [5.41, 5.74) is 5.17. The fourth-order valence-corrected chi connectivity index (χ4v) is 4.28. The maximum absolute atomic E-state index is 12.6. The molecule has 0 radical (unpaired) electrons. The molecule has 1 atom stereocenters. The molecule has 38 heavy (non-hydrogen) atoms. The van der Waals surface area contributed by atoms with Crippen LogP contribution >= 0.6 is 0 Å². The zero-order chi connectivity index (χ0) is 28.1. The maximum Gasteiger partial charge on any atom is 0.333 e. The van der Waals surface area contributed by atoms with Crippen molar-refractivity contribution in [3.05, 3.63) is 71.3 Å². The fraction of sp³-hybridized carbons (Fsp3) is 0.500. The van der Waals surface area contributed by atoms with E-state index in [-0.39, 0.29) is 50.8 Å². The molecule has 6 heteroatoms. The van der Waals surface area contributed by atoms with Gasteiger partial charge in [0, 0.05) is 31.1 Å². The van der Waals surface area contributed by atoms with Crippen LogP contribution in [0.2, 0.25) is 0 Å². The number of carbonyl (C=O) groups excluding carboxylic acids is 2. The number of aliphatic hydroxyl groups excluding tert-OH is 2. The zero-order valence-electron chi connectivity index (χ0n) is 23.4. The van der Waals surface area contributed by atoms with E-state index < -0.39 is 17.3 Å². The third-order valence-corrected chi connectivity index (χ3v) is 7.01. The minimum Gasteiger partial charge on any atom is -0.465 e. The van der Waals surface area contributed by atoms with E-state index in [1.54, 1.807) is 6.92 Å². The Morgan fingerprint density at radius 3 is 2.16 bits per heavy atom. The molecule has 0 aliphatic carbocycles. The van der Waals surface area contributed by atoms with E-state index in [0.717, 1.165) is 23.1 Å². The lowest BCUT2D eigenvalue weighted by molar-refractivity contribution is -0.148. The first-order chi connectivity index (χ1) is 18.2. The van der Waals surface area contributed by atoms with Crippen LogP contribution in [0.3, 0.4) is 0 Å². The highest BCUT2D eigenvalue weighted by Gasteiger charge is 2.31. The van der Waals surface area contributed by atoms with Crippen molar-refractivity contribution in [2.75, 3.05) is 26.4 Å². The summed E-state index contributed by atoms with van der Waals surface area (Å²) >= 11 is 0. The third-order valence-electron chi connectivity index (χ3n) is 7.01.